The summed E-state index contributed by atoms with van der Waals surface area (Å²) < 4.78 is 38.9. The fourth-order valence-corrected chi connectivity index (χ4v) is 1.88. The van der Waals surface area contributed by atoms with E-state index in [-0.39, 0.29) is 11.3 Å². The van der Waals surface area contributed by atoms with Crippen molar-refractivity contribution < 1.29 is 18.1 Å². The summed E-state index contributed by atoms with van der Waals surface area (Å²) in [4.78, 5) is 9.52. The van der Waals surface area contributed by atoms with Crippen LogP contribution in [0.1, 0.15) is 11.3 Å². The van der Waals surface area contributed by atoms with E-state index >= 15 is 0 Å². The maximum absolute atomic E-state index is 12.8. The van der Waals surface area contributed by atoms with E-state index in [1.54, 1.807) is 0 Å². The molecule has 0 bridgehead atoms. The average molecular weight is 317 g/mol. The second-order valence-corrected chi connectivity index (χ2v) is 4.17. The zero-order valence-corrected chi connectivity index (χ0v) is 10.7. The number of halogens is 4. The van der Waals surface area contributed by atoms with Gasteiger partial charge >= 0.3 is 11.9 Å². The van der Waals surface area contributed by atoms with Gasteiger partial charge in [0.25, 0.3) is 0 Å². The number of hydrogen-bond acceptors (Lipinski definition) is 4. The van der Waals surface area contributed by atoms with Crippen LogP contribution < -0.4 is 0 Å². The molecule has 0 fully saturated rings. The van der Waals surface area contributed by atoms with Crippen molar-refractivity contribution in [1.82, 2.24) is 9.78 Å². The summed E-state index contributed by atoms with van der Waals surface area (Å²) >= 11 is 5.63. The Morgan fingerprint density at radius 3 is 2.29 bits per heavy atom. The first-order valence-electron chi connectivity index (χ1n) is 5.26. The molecule has 0 N–H and O–H groups in total. The fourth-order valence-electron chi connectivity index (χ4n) is 1.59. The number of hydrogen-bond donors (Lipinski definition) is 0. The van der Waals surface area contributed by atoms with Crippen LogP contribution in [0.15, 0.2) is 24.3 Å². The largest absolute Gasteiger partial charge is 0.442 e. The zero-order chi connectivity index (χ0) is 15.8. The molecule has 6 nitrogen and oxygen atoms in total. The number of nitrogens with zero attached hydrogens (tertiary/aromatic N) is 4. The first-order chi connectivity index (χ1) is 9.75. The summed E-state index contributed by atoms with van der Waals surface area (Å²) in [7, 11) is 0. The van der Waals surface area contributed by atoms with Gasteiger partial charge in [-0.1, -0.05) is 11.6 Å². The van der Waals surface area contributed by atoms with Gasteiger partial charge in [-0.05, 0) is 24.3 Å². The quantitative estimate of drug-likeness (QED) is 0.628. The average Bonchev–Trinajstić information content (AvgIpc) is 2.76. The van der Waals surface area contributed by atoms with E-state index in [0.29, 0.717) is 4.68 Å². The molecule has 10 heteroatoms. The molecule has 0 aliphatic rings. The van der Waals surface area contributed by atoms with Crippen molar-refractivity contribution in [3.05, 3.63) is 50.8 Å². The predicted molar refractivity (Wildman–Crippen MR) is 64.9 cm³/mol. The highest BCUT2D eigenvalue weighted by atomic mass is 35.5. The Labute approximate surface area is 120 Å². The van der Waals surface area contributed by atoms with Crippen LogP contribution in [0.25, 0.3) is 5.69 Å². The summed E-state index contributed by atoms with van der Waals surface area (Å²) in [5.41, 5.74) is -2.65. The molecule has 1 aromatic heterocycles. The van der Waals surface area contributed by atoms with Crippen molar-refractivity contribution in [2.75, 3.05) is 0 Å². The lowest BCUT2D eigenvalue weighted by Gasteiger charge is -2.02. The van der Waals surface area contributed by atoms with E-state index in [1.165, 1.54) is 24.3 Å². The third-order valence-electron chi connectivity index (χ3n) is 2.50. The first-order valence-corrected chi connectivity index (χ1v) is 5.64. The van der Waals surface area contributed by atoms with Crippen molar-refractivity contribution in [2.24, 2.45) is 0 Å². The molecule has 2 aromatic rings. The third kappa shape index (κ3) is 2.66. The third-order valence-corrected chi connectivity index (χ3v) is 2.84. The molecule has 0 aliphatic carbocycles. The lowest BCUT2D eigenvalue weighted by molar-refractivity contribution is -0.388. The van der Waals surface area contributed by atoms with Crippen LogP contribution in [0.3, 0.4) is 0 Å². The lowest BCUT2D eigenvalue weighted by Crippen LogP contribution is -2.09. The molecular weight excluding hydrogens is 313 g/mol. The molecule has 2 rings (SSSR count). The first kappa shape index (κ1) is 14.8. The Bertz CT molecular complexity index is 747. The standard InChI is InChI=1S/C11H4ClF3N4O2/c12-10-8(19(20)21)9(11(13,14)15)17-18(10)7-3-1-6(5-16)2-4-7/h1-4H. The van der Waals surface area contributed by atoms with Gasteiger partial charge < -0.3 is 0 Å². The number of alkyl halides is 3. The van der Waals surface area contributed by atoms with E-state index in [9.17, 15) is 23.3 Å². The normalized spacial score (nSPS) is 11.2. The molecule has 21 heavy (non-hydrogen) atoms. The minimum atomic E-state index is -5.01. The van der Waals surface area contributed by atoms with Crippen molar-refractivity contribution in [2.45, 2.75) is 6.18 Å². The second kappa shape index (κ2) is 5.06. The van der Waals surface area contributed by atoms with Gasteiger partial charge in [0, 0.05) is 0 Å². The van der Waals surface area contributed by atoms with Crippen LogP contribution in [0, 0.1) is 21.4 Å². The highest BCUT2D eigenvalue weighted by Gasteiger charge is 2.45. The monoisotopic (exact) mass is 316 g/mol. The van der Waals surface area contributed by atoms with Crippen molar-refractivity contribution >= 4 is 17.3 Å². The maximum atomic E-state index is 12.8. The topological polar surface area (TPSA) is 84.8 Å². The number of benzene rings is 1. The van der Waals surface area contributed by atoms with E-state index in [4.69, 9.17) is 16.9 Å². The Morgan fingerprint density at radius 1 is 1.33 bits per heavy atom. The number of rotatable bonds is 2. The Kier molecular flexibility index (Phi) is 3.57. The minimum Gasteiger partial charge on any atom is -0.258 e. The van der Waals surface area contributed by atoms with Crippen LogP contribution in [0.2, 0.25) is 5.15 Å². The van der Waals surface area contributed by atoms with Crippen LogP contribution in [-0.4, -0.2) is 14.7 Å². The van der Waals surface area contributed by atoms with Gasteiger partial charge in [0.2, 0.25) is 10.8 Å². The molecule has 1 heterocycles. The molecule has 0 radical (unpaired) electrons. The summed E-state index contributed by atoms with van der Waals surface area (Å²) in [6.07, 6.45) is -5.01. The SMILES string of the molecule is N#Cc1ccc(-n2nc(C(F)(F)F)c([N+](=O)[O-])c2Cl)cc1. The van der Waals surface area contributed by atoms with Crippen LogP contribution in [0.5, 0.6) is 0 Å². The Balaban J connectivity index is 2.65. The van der Waals surface area contributed by atoms with Gasteiger partial charge in [-0.3, -0.25) is 10.1 Å². The van der Waals surface area contributed by atoms with Gasteiger partial charge in [0.1, 0.15) is 0 Å². The molecule has 108 valence electrons. The summed E-state index contributed by atoms with van der Waals surface area (Å²) in [6.45, 7) is 0. The fraction of sp³-hybridized carbons (Fsp3) is 0.0909. The van der Waals surface area contributed by atoms with Gasteiger partial charge in [0.05, 0.1) is 22.2 Å². The van der Waals surface area contributed by atoms with Gasteiger partial charge in [-0.25, -0.2) is 4.68 Å². The van der Waals surface area contributed by atoms with Crippen molar-refractivity contribution in [3.63, 3.8) is 0 Å². The second-order valence-electron chi connectivity index (χ2n) is 3.81. The highest BCUT2D eigenvalue weighted by molar-refractivity contribution is 6.32. The van der Waals surface area contributed by atoms with Crippen LogP contribution >= 0.6 is 11.6 Å². The van der Waals surface area contributed by atoms with Gasteiger partial charge in [0.15, 0.2) is 0 Å². The Hall–Kier alpha value is -2.60. The maximum Gasteiger partial charge on any atom is 0.442 e. The summed E-state index contributed by atoms with van der Waals surface area (Å²) in [6, 6.07) is 7.04. The molecule has 0 amide bonds. The number of nitro groups is 1. The molecule has 0 aliphatic heterocycles. The van der Waals surface area contributed by atoms with Crippen LogP contribution in [-0.2, 0) is 6.18 Å². The molecule has 1 aromatic carbocycles. The molecule has 0 saturated carbocycles. The van der Waals surface area contributed by atoms with Crippen molar-refractivity contribution in [1.29, 1.82) is 5.26 Å². The van der Waals surface area contributed by atoms with E-state index in [2.05, 4.69) is 5.10 Å². The predicted octanol–water partition coefficient (Wildman–Crippen LogP) is 3.32. The molecular formula is C11H4ClF3N4O2. The molecule has 0 atom stereocenters. The minimum absolute atomic E-state index is 0.0672. The zero-order valence-electron chi connectivity index (χ0n) is 9.93. The summed E-state index contributed by atoms with van der Waals surface area (Å²) in [5.74, 6) is 0. The van der Waals surface area contributed by atoms with E-state index in [1.807, 2.05) is 6.07 Å². The van der Waals surface area contributed by atoms with Crippen molar-refractivity contribution in [3.8, 4) is 11.8 Å². The van der Waals surface area contributed by atoms with E-state index in [0.717, 1.165) is 0 Å². The van der Waals surface area contributed by atoms with Gasteiger partial charge in [-0.2, -0.15) is 23.5 Å². The van der Waals surface area contributed by atoms with E-state index < -0.39 is 27.6 Å². The van der Waals surface area contributed by atoms with Crippen LogP contribution in [0.4, 0.5) is 18.9 Å². The molecule has 0 spiro atoms. The smallest absolute Gasteiger partial charge is 0.258 e. The Morgan fingerprint density at radius 2 is 1.90 bits per heavy atom. The summed E-state index contributed by atoms with van der Waals surface area (Å²) in [5, 5.41) is 21.8. The molecule has 0 saturated heterocycles. The number of nitriles is 1. The lowest BCUT2D eigenvalue weighted by atomic mass is 10.2. The highest BCUT2D eigenvalue weighted by Crippen LogP contribution is 2.40. The molecule has 0 unspecified atom stereocenters. The number of aromatic nitrogens is 2. The van der Waals surface area contributed by atoms with Gasteiger partial charge in [-0.15, -0.1) is 0 Å².